The fourth-order valence-electron chi connectivity index (χ4n) is 1.57. The third-order valence-electron chi connectivity index (χ3n) is 2.49. The second kappa shape index (κ2) is 5.34. The lowest BCUT2D eigenvalue weighted by atomic mass is 10.2. The van der Waals surface area contributed by atoms with Gasteiger partial charge in [0.25, 0.3) is 0 Å². The van der Waals surface area contributed by atoms with E-state index in [1.54, 1.807) is 11.8 Å². The second-order valence-corrected chi connectivity index (χ2v) is 5.88. The van der Waals surface area contributed by atoms with Crippen LogP contribution in [0.3, 0.4) is 0 Å². The Hall–Kier alpha value is -0.630. The van der Waals surface area contributed by atoms with Crippen molar-refractivity contribution >= 4 is 35.0 Å². The molecule has 2 aromatic carbocycles. The standard InChI is InChI=1S/C14H12Cl2S/c1-9-7-11(15)3-5-13(9)17-14-6-4-12(16)8-10(14)2/h3-8H,1-2H3. The van der Waals surface area contributed by atoms with E-state index in [2.05, 4.69) is 26.0 Å². The molecule has 0 fully saturated rings. The van der Waals surface area contributed by atoms with Crippen molar-refractivity contribution in [3.05, 3.63) is 57.6 Å². The maximum atomic E-state index is 5.95. The summed E-state index contributed by atoms with van der Waals surface area (Å²) in [4.78, 5) is 2.44. The van der Waals surface area contributed by atoms with Gasteiger partial charge >= 0.3 is 0 Å². The molecule has 2 rings (SSSR count). The largest absolute Gasteiger partial charge is 0.0895 e. The van der Waals surface area contributed by atoms with E-state index in [-0.39, 0.29) is 0 Å². The zero-order chi connectivity index (χ0) is 12.4. The van der Waals surface area contributed by atoms with Gasteiger partial charge in [-0.25, -0.2) is 0 Å². The molecule has 0 radical (unpaired) electrons. The number of aryl methyl sites for hydroxylation is 2. The predicted molar refractivity (Wildman–Crippen MR) is 76.5 cm³/mol. The first-order valence-electron chi connectivity index (χ1n) is 5.26. The van der Waals surface area contributed by atoms with E-state index in [9.17, 15) is 0 Å². The Morgan fingerprint density at radius 2 is 1.18 bits per heavy atom. The summed E-state index contributed by atoms with van der Waals surface area (Å²) >= 11 is 13.6. The Bertz CT molecular complexity index is 500. The summed E-state index contributed by atoms with van der Waals surface area (Å²) in [5.41, 5.74) is 2.38. The van der Waals surface area contributed by atoms with Crippen molar-refractivity contribution in [2.45, 2.75) is 23.6 Å². The zero-order valence-electron chi connectivity index (χ0n) is 9.63. The minimum atomic E-state index is 0.777. The summed E-state index contributed by atoms with van der Waals surface area (Å²) in [6, 6.07) is 11.9. The van der Waals surface area contributed by atoms with E-state index in [1.165, 1.54) is 20.9 Å². The molecular formula is C14H12Cl2S. The molecule has 0 unspecified atom stereocenters. The summed E-state index contributed by atoms with van der Waals surface area (Å²) in [7, 11) is 0. The van der Waals surface area contributed by atoms with E-state index in [0.717, 1.165) is 10.0 Å². The fourth-order valence-corrected chi connectivity index (χ4v) is 2.98. The van der Waals surface area contributed by atoms with Crippen molar-refractivity contribution < 1.29 is 0 Å². The van der Waals surface area contributed by atoms with Gasteiger partial charge in [0.05, 0.1) is 0 Å². The Labute approximate surface area is 116 Å². The first-order chi connectivity index (χ1) is 8.06. The lowest BCUT2D eigenvalue weighted by Gasteiger charge is -2.08. The fraction of sp³-hybridized carbons (Fsp3) is 0.143. The van der Waals surface area contributed by atoms with Crippen LogP contribution in [0.5, 0.6) is 0 Å². The van der Waals surface area contributed by atoms with E-state index < -0.39 is 0 Å². The molecule has 0 saturated carbocycles. The molecule has 0 aliphatic heterocycles. The van der Waals surface area contributed by atoms with E-state index in [1.807, 2.05) is 24.3 Å². The Morgan fingerprint density at radius 3 is 1.53 bits per heavy atom. The number of hydrogen-bond donors (Lipinski definition) is 0. The molecule has 88 valence electrons. The molecule has 0 aromatic heterocycles. The molecule has 17 heavy (non-hydrogen) atoms. The van der Waals surface area contributed by atoms with Crippen LogP contribution < -0.4 is 0 Å². The average molecular weight is 283 g/mol. The van der Waals surface area contributed by atoms with Crippen molar-refractivity contribution in [2.24, 2.45) is 0 Å². The predicted octanol–water partition coefficient (Wildman–Crippen LogP) is 5.76. The van der Waals surface area contributed by atoms with Crippen molar-refractivity contribution in [1.29, 1.82) is 0 Å². The summed E-state index contributed by atoms with van der Waals surface area (Å²) in [5, 5.41) is 1.55. The van der Waals surface area contributed by atoms with Crippen LogP contribution in [0.25, 0.3) is 0 Å². The van der Waals surface area contributed by atoms with Gasteiger partial charge < -0.3 is 0 Å². The molecule has 0 saturated heterocycles. The van der Waals surface area contributed by atoms with Gasteiger partial charge in [-0.1, -0.05) is 35.0 Å². The van der Waals surface area contributed by atoms with Crippen LogP contribution in [-0.2, 0) is 0 Å². The molecule has 0 nitrogen and oxygen atoms in total. The Kier molecular flexibility index (Phi) is 4.03. The lowest BCUT2D eigenvalue weighted by Crippen LogP contribution is -1.83. The maximum absolute atomic E-state index is 5.95. The minimum Gasteiger partial charge on any atom is -0.0895 e. The maximum Gasteiger partial charge on any atom is 0.0409 e. The quantitative estimate of drug-likeness (QED) is 0.675. The smallest absolute Gasteiger partial charge is 0.0409 e. The van der Waals surface area contributed by atoms with E-state index >= 15 is 0 Å². The van der Waals surface area contributed by atoms with Crippen molar-refractivity contribution in [3.63, 3.8) is 0 Å². The minimum absolute atomic E-state index is 0.777. The average Bonchev–Trinajstić information content (AvgIpc) is 2.25. The molecule has 0 atom stereocenters. The summed E-state index contributed by atoms with van der Waals surface area (Å²) in [5.74, 6) is 0. The molecule has 0 bridgehead atoms. The van der Waals surface area contributed by atoms with Crippen LogP contribution in [0.4, 0.5) is 0 Å². The van der Waals surface area contributed by atoms with Crippen LogP contribution in [0.1, 0.15) is 11.1 Å². The van der Waals surface area contributed by atoms with Gasteiger partial charge in [0.1, 0.15) is 0 Å². The van der Waals surface area contributed by atoms with Crippen molar-refractivity contribution in [1.82, 2.24) is 0 Å². The van der Waals surface area contributed by atoms with Crippen LogP contribution in [-0.4, -0.2) is 0 Å². The van der Waals surface area contributed by atoms with Crippen LogP contribution in [0, 0.1) is 13.8 Å². The monoisotopic (exact) mass is 282 g/mol. The van der Waals surface area contributed by atoms with Gasteiger partial charge in [-0.3, -0.25) is 0 Å². The highest BCUT2D eigenvalue weighted by Crippen LogP contribution is 2.34. The van der Waals surface area contributed by atoms with Crippen molar-refractivity contribution in [2.75, 3.05) is 0 Å². The third-order valence-corrected chi connectivity index (χ3v) is 4.32. The van der Waals surface area contributed by atoms with Gasteiger partial charge in [-0.15, -0.1) is 0 Å². The first kappa shape index (κ1) is 12.8. The molecular weight excluding hydrogens is 271 g/mol. The van der Waals surface area contributed by atoms with Crippen LogP contribution in [0.2, 0.25) is 10.0 Å². The van der Waals surface area contributed by atoms with Crippen LogP contribution >= 0.6 is 35.0 Å². The molecule has 0 amide bonds. The number of hydrogen-bond acceptors (Lipinski definition) is 1. The normalized spacial score (nSPS) is 10.6. The topological polar surface area (TPSA) is 0 Å². The number of rotatable bonds is 2. The molecule has 0 N–H and O–H groups in total. The highest BCUT2D eigenvalue weighted by molar-refractivity contribution is 7.99. The van der Waals surface area contributed by atoms with Gasteiger partial charge in [-0.2, -0.15) is 0 Å². The Balaban J connectivity index is 2.31. The molecule has 0 spiro atoms. The van der Waals surface area contributed by atoms with Gasteiger partial charge in [0.2, 0.25) is 0 Å². The molecule has 2 aromatic rings. The summed E-state index contributed by atoms with van der Waals surface area (Å²) < 4.78 is 0. The van der Waals surface area contributed by atoms with E-state index in [0.29, 0.717) is 0 Å². The molecule has 0 aliphatic rings. The van der Waals surface area contributed by atoms with Gasteiger partial charge in [0.15, 0.2) is 0 Å². The first-order valence-corrected chi connectivity index (χ1v) is 6.83. The van der Waals surface area contributed by atoms with E-state index in [4.69, 9.17) is 23.2 Å². The number of halogens is 2. The van der Waals surface area contributed by atoms with Gasteiger partial charge in [0, 0.05) is 19.8 Å². The third kappa shape index (κ3) is 3.19. The van der Waals surface area contributed by atoms with Crippen molar-refractivity contribution in [3.8, 4) is 0 Å². The summed E-state index contributed by atoms with van der Waals surface area (Å²) in [6.07, 6.45) is 0. The molecule has 3 heteroatoms. The SMILES string of the molecule is Cc1cc(Cl)ccc1Sc1ccc(Cl)cc1C. The number of benzene rings is 2. The van der Waals surface area contributed by atoms with Crippen LogP contribution in [0.15, 0.2) is 46.2 Å². The Morgan fingerprint density at radius 1 is 0.765 bits per heavy atom. The molecule has 0 heterocycles. The highest BCUT2D eigenvalue weighted by atomic mass is 35.5. The lowest BCUT2D eigenvalue weighted by molar-refractivity contribution is 1.26. The summed E-state index contributed by atoms with van der Waals surface area (Å²) in [6.45, 7) is 4.14. The molecule has 0 aliphatic carbocycles. The highest BCUT2D eigenvalue weighted by Gasteiger charge is 2.05. The van der Waals surface area contributed by atoms with Gasteiger partial charge in [-0.05, 0) is 61.4 Å². The second-order valence-electron chi connectivity index (χ2n) is 3.92. The zero-order valence-corrected chi connectivity index (χ0v) is 12.0.